The first-order valence-corrected chi connectivity index (χ1v) is 5.55. The van der Waals surface area contributed by atoms with Crippen LogP contribution in [0, 0.1) is 0 Å². The van der Waals surface area contributed by atoms with Gasteiger partial charge in [-0.3, -0.25) is 9.48 Å². The van der Waals surface area contributed by atoms with Gasteiger partial charge in [0.2, 0.25) is 0 Å². The van der Waals surface area contributed by atoms with Crippen LogP contribution in [-0.2, 0) is 13.2 Å². The number of alkyl halides is 3. The minimum absolute atomic E-state index is 0.235. The van der Waals surface area contributed by atoms with Gasteiger partial charge < -0.3 is 11.1 Å². The number of nitrogens with one attached hydrogen (secondary N) is 1. The lowest BCUT2D eigenvalue weighted by molar-refractivity contribution is -0.136. The van der Waals surface area contributed by atoms with E-state index in [0.29, 0.717) is 5.82 Å². The average Bonchev–Trinajstić information content (AvgIpc) is 2.73. The van der Waals surface area contributed by atoms with Crippen molar-refractivity contribution < 1.29 is 18.0 Å². The Hall–Kier alpha value is -2.51. The van der Waals surface area contributed by atoms with E-state index in [0.717, 1.165) is 12.1 Å². The molecule has 0 unspecified atom stereocenters. The highest BCUT2D eigenvalue weighted by molar-refractivity contribution is 6.07. The van der Waals surface area contributed by atoms with Crippen LogP contribution in [0.25, 0.3) is 0 Å². The number of amides is 1. The molecule has 0 aliphatic heterocycles. The Labute approximate surface area is 112 Å². The van der Waals surface area contributed by atoms with Gasteiger partial charge in [0.15, 0.2) is 0 Å². The molecule has 3 N–H and O–H groups in total. The fourth-order valence-electron chi connectivity index (χ4n) is 1.69. The van der Waals surface area contributed by atoms with Crippen LogP contribution in [-0.4, -0.2) is 15.7 Å². The monoisotopic (exact) mass is 284 g/mol. The maximum Gasteiger partial charge on any atom is 0.418 e. The Morgan fingerprint density at radius 3 is 2.60 bits per heavy atom. The van der Waals surface area contributed by atoms with Gasteiger partial charge in [-0.05, 0) is 12.1 Å². The summed E-state index contributed by atoms with van der Waals surface area (Å²) in [4.78, 5) is 12.0. The molecule has 0 saturated carbocycles. The van der Waals surface area contributed by atoms with Gasteiger partial charge in [-0.2, -0.15) is 18.3 Å². The van der Waals surface area contributed by atoms with E-state index in [2.05, 4.69) is 10.4 Å². The van der Waals surface area contributed by atoms with Crippen LogP contribution >= 0.6 is 0 Å². The summed E-state index contributed by atoms with van der Waals surface area (Å²) in [6.07, 6.45) is -3.15. The third kappa shape index (κ3) is 2.58. The molecule has 0 bridgehead atoms. The molecule has 2 aromatic rings. The first-order chi connectivity index (χ1) is 9.30. The second kappa shape index (κ2) is 4.87. The van der Waals surface area contributed by atoms with Crippen molar-refractivity contribution in [1.82, 2.24) is 9.78 Å². The molecule has 0 fully saturated rings. The van der Waals surface area contributed by atoms with Crippen LogP contribution in [0.15, 0.2) is 30.5 Å². The number of aryl methyl sites for hydroxylation is 1. The second-order valence-electron chi connectivity index (χ2n) is 4.06. The van der Waals surface area contributed by atoms with Crippen LogP contribution in [0.4, 0.5) is 24.7 Å². The van der Waals surface area contributed by atoms with E-state index < -0.39 is 23.3 Å². The molecule has 1 amide bonds. The van der Waals surface area contributed by atoms with Gasteiger partial charge in [0.25, 0.3) is 5.91 Å². The summed E-state index contributed by atoms with van der Waals surface area (Å²) in [5.41, 5.74) is 3.57. The molecule has 106 valence electrons. The van der Waals surface area contributed by atoms with E-state index in [1.165, 1.54) is 23.0 Å². The zero-order chi connectivity index (χ0) is 14.9. The fraction of sp³-hybridized carbons (Fsp3) is 0.167. The lowest BCUT2D eigenvalue weighted by Gasteiger charge is -2.13. The highest BCUT2D eigenvalue weighted by Crippen LogP contribution is 2.35. The number of rotatable bonds is 2. The summed E-state index contributed by atoms with van der Waals surface area (Å²) >= 11 is 0. The van der Waals surface area contributed by atoms with Crippen molar-refractivity contribution in [2.24, 2.45) is 7.05 Å². The van der Waals surface area contributed by atoms with Crippen LogP contribution in [0.1, 0.15) is 15.9 Å². The molecule has 20 heavy (non-hydrogen) atoms. The molecule has 8 heteroatoms. The Morgan fingerprint density at radius 1 is 1.35 bits per heavy atom. The maximum atomic E-state index is 12.7. The molecule has 0 saturated heterocycles. The van der Waals surface area contributed by atoms with Crippen LogP contribution in [0.5, 0.6) is 0 Å². The predicted molar refractivity (Wildman–Crippen MR) is 67.0 cm³/mol. The Balaban J connectivity index is 2.34. The van der Waals surface area contributed by atoms with Gasteiger partial charge in [0.05, 0.1) is 23.0 Å². The van der Waals surface area contributed by atoms with Crippen molar-refractivity contribution >= 4 is 17.4 Å². The first kappa shape index (κ1) is 13.9. The molecule has 1 heterocycles. The standard InChI is InChI=1S/C12H11F3N4O/c1-19-9(5-6-17-19)18-11(20)7-3-2-4-8(10(7)16)12(13,14)15/h2-6H,16H2,1H3,(H,18,20). The van der Waals surface area contributed by atoms with Gasteiger partial charge >= 0.3 is 6.18 Å². The first-order valence-electron chi connectivity index (χ1n) is 5.55. The van der Waals surface area contributed by atoms with Crippen LogP contribution in [0.3, 0.4) is 0 Å². The third-order valence-electron chi connectivity index (χ3n) is 2.72. The number of halogens is 3. The number of nitrogens with zero attached hydrogens (tertiary/aromatic N) is 2. The lowest BCUT2D eigenvalue weighted by Crippen LogP contribution is -2.19. The predicted octanol–water partition coefficient (Wildman–Crippen LogP) is 2.27. The number of nitrogens with two attached hydrogens (primary N) is 1. The van der Waals surface area contributed by atoms with Gasteiger partial charge in [-0.15, -0.1) is 0 Å². The van der Waals surface area contributed by atoms with Crippen molar-refractivity contribution in [3.8, 4) is 0 Å². The Morgan fingerprint density at radius 2 is 2.05 bits per heavy atom. The van der Waals surface area contributed by atoms with Gasteiger partial charge in [-0.25, -0.2) is 0 Å². The number of para-hydroxylation sites is 1. The van der Waals surface area contributed by atoms with Crippen LogP contribution < -0.4 is 11.1 Å². The summed E-state index contributed by atoms with van der Waals surface area (Å²) in [5, 5.41) is 6.27. The number of aromatic nitrogens is 2. The van der Waals surface area contributed by atoms with Crippen molar-refractivity contribution in [2.45, 2.75) is 6.18 Å². The minimum atomic E-state index is -4.60. The smallest absolute Gasteiger partial charge is 0.398 e. The van der Waals surface area contributed by atoms with E-state index in [1.54, 1.807) is 7.05 Å². The van der Waals surface area contributed by atoms with Gasteiger partial charge in [0.1, 0.15) is 5.82 Å². The molecule has 0 spiro atoms. The lowest BCUT2D eigenvalue weighted by atomic mass is 10.1. The third-order valence-corrected chi connectivity index (χ3v) is 2.72. The molecule has 0 atom stereocenters. The largest absolute Gasteiger partial charge is 0.418 e. The van der Waals surface area contributed by atoms with Crippen molar-refractivity contribution in [2.75, 3.05) is 11.1 Å². The Kier molecular flexibility index (Phi) is 3.39. The molecular formula is C12H11F3N4O. The molecule has 0 radical (unpaired) electrons. The molecule has 2 rings (SSSR count). The highest BCUT2D eigenvalue weighted by atomic mass is 19.4. The number of benzene rings is 1. The number of nitrogen functional groups attached to an aromatic ring is 1. The molecule has 1 aromatic carbocycles. The van der Waals surface area contributed by atoms with E-state index in [4.69, 9.17) is 5.73 Å². The van der Waals surface area contributed by atoms with Gasteiger partial charge in [-0.1, -0.05) is 6.07 Å². The van der Waals surface area contributed by atoms with E-state index in [9.17, 15) is 18.0 Å². The zero-order valence-corrected chi connectivity index (χ0v) is 10.4. The zero-order valence-electron chi connectivity index (χ0n) is 10.4. The number of carbonyl (C=O) groups is 1. The maximum absolute atomic E-state index is 12.7. The van der Waals surface area contributed by atoms with E-state index in [-0.39, 0.29) is 5.56 Å². The number of anilines is 2. The molecular weight excluding hydrogens is 273 g/mol. The van der Waals surface area contributed by atoms with Crippen molar-refractivity contribution in [3.05, 3.63) is 41.6 Å². The second-order valence-corrected chi connectivity index (χ2v) is 4.06. The normalized spacial score (nSPS) is 11.4. The minimum Gasteiger partial charge on any atom is -0.398 e. The van der Waals surface area contributed by atoms with Crippen molar-refractivity contribution in [1.29, 1.82) is 0 Å². The summed E-state index contributed by atoms with van der Waals surface area (Å²) in [5.74, 6) is -0.371. The van der Waals surface area contributed by atoms with E-state index >= 15 is 0 Å². The highest BCUT2D eigenvalue weighted by Gasteiger charge is 2.34. The molecule has 5 nitrogen and oxygen atoms in total. The molecule has 0 aliphatic carbocycles. The molecule has 0 aliphatic rings. The fourth-order valence-corrected chi connectivity index (χ4v) is 1.69. The SMILES string of the molecule is Cn1nccc1NC(=O)c1cccc(C(F)(F)F)c1N. The summed E-state index contributed by atoms with van der Waals surface area (Å²) in [6, 6.07) is 4.71. The summed E-state index contributed by atoms with van der Waals surface area (Å²) < 4.78 is 39.5. The Bertz CT molecular complexity index is 648. The summed E-state index contributed by atoms with van der Waals surface area (Å²) in [7, 11) is 1.59. The number of hydrogen-bond donors (Lipinski definition) is 2. The number of hydrogen-bond acceptors (Lipinski definition) is 3. The van der Waals surface area contributed by atoms with Gasteiger partial charge in [0, 0.05) is 13.1 Å². The van der Waals surface area contributed by atoms with Crippen molar-refractivity contribution in [3.63, 3.8) is 0 Å². The average molecular weight is 284 g/mol. The number of carbonyl (C=O) groups excluding carboxylic acids is 1. The summed E-state index contributed by atoms with van der Waals surface area (Å²) in [6.45, 7) is 0. The topological polar surface area (TPSA) is 72.9 Å². The quantitative estimate of drug-likeness (QED) is 0.831. The molecule has 1 aromatic heterocycles. The van der Waals surface area contributed by atoms with E-state index in [1.807, 2.05) is 0 Å². The van der Waals surface area contributed by atoms with Crippen LogP contribution in [0.2, 0.25) is 0 Å².